The zero-order chi connectivity index (χ0) is 13.6. The molecule has 0 unspecified atom stereocenters. The van der Waals surface area contributed by atoms with Gasteiger partial charge in [-0.15, -0.1) is 0 Å². The summed E-state index contributed by atoms with van der Waals surface area (Å²) in [5, 5.41) is 14.2. The molecule has 3 heterocycles. The van der Waals surface area contributed by atoms with Crippen LogP contribution in [0.1, 0.15) is 33.1 Å². The quantitative estimate of drug-likeness (QED) is 0.734. The number of hydrogen-bond donors (Lipinski definition) is 1. The van der Waals surface area contributed by atoms with E-state index in [1.165, 1.54) is 19.3 Å². The van der Waals surface area contributed by atoms with Crippen molar-refractivity contribution in [2.45, 2.75) is 33.1 Å². The molecule has 1 N–H and O–H groups in total. The van der Waals surface area contributed by atoms with Gasteiger partial charge in [-0.05, 0) is 44.8 Å². The van der Waals surface area contributed by atoms with E-state index in [0.29, 0.717) is 16.0 Å². The van der Waals surface area contributed by atoms with Crippen LogP contribution in [0.3, 0.4) is 0 Å². The summed E-state index contributed by atoms with van der Waals surface area (Å²) in [5.41, 5.74) is 2.27. The van der Waals surface area contributed by atoms with Crippen LogP contribution < -0.4 is 0 Å². The number of rotatable bonds is 1. The van der Waals surface area contributed by atoms with Crippen molar-refractivity contribution in [3.8, 4) is 0 Å². The Hall–Kier alpha value is -1.62. The molecule has 0 aromatic rings. The number of quaternary nitrogens is 1. The van der Waals surface area contributed by atoms with Crippen molar-refractivity contribution >= 4 is 11.8 Å². The lowest BCUT2D eigenvalue weighted by Crippen LogP contribution is -2.48. The summed E-state index contributed by atoms with van der Waals surface area (Å²) >= 11 is 0. The zero-order valence-electron chi connectivity index (χ0n) is 11.5. The summed E-state index contributed by atoms with van der Waals surface area (Å²) in [6.45, 7) is 6.73. The highest BCUT2D eigenvalue weighted by molar-refractivity contribution is 6.20. The number of nitrogens with zero attached hydrogens (tertiary/aromatic N) is 3. The Morgan fingerprint density at radius 2 is 2.00 bits per heavy atom. The van der Waals surface area contributed by atoms with E-state index in [4.69, 9.17) is 5.10 Å². The first-order valence-electron chi connectivity index (χ1n) is 6.89. The third kappa shape index (κ3) is 1.89. The minimum atomic E-state index is -0.873. The van der Waals surface area contributed by atoms with E-state index >= 15 is 0 Å². The number of carboxylic acids is 1. The molecule has 1 fully saturated rings. The monoisotopic (exact) mass is 262 g/mol. The summed E-state index contributed by atoms with van der Waals surface area (Å²) in [4.78, 5) is 13.6. The summed E-state index contributed by atoms with van der Waals surface area (Å²) < 4.78 is 0.685. The van der Waals surface area contributed by atoms with Crippen molar-refractivity contribution in [2.75, 3.05) is 19.8 Å². The van der Waals surface area contributed by atoms with Crippen LogP contribution in [-0.2, 0) is 4.79 Å². The summed E-state index contributed by atoms with van der Waals surface area (Å²) in [7, 11) is 0. The van der Waals surface area contributed by atoms with Crippen LogP contribution >= 0.6 is 0 Å². The van der Waals surface area contributed by atoms with E-state index in [1.807, 2.05) is 19.9 Å². The highest BCUT2D eigenvalue weighted by atomic mass is 16.4. The van der Waals surface area contributed by atoms with Crippen LogP contribution in [-0.4, -0.2) is 46.2 Å². The number of carboxylic acid groups (broad SMARTS) is 1. The number of aliphatic carboxylic acids is 1. The van der Waals surface area contributed by atoms with Gasteiger partial charge in [-0.3, -0.25) is 4.90 Å². The molecular formula is C14H20N3O2+. The average molecular weight is 262 g/mol. The van der Waals surface area contributed by atoms with Crippen molar-refractivity contribution < 1.29 is 14.5 Å². The Labute approximate surface area is 113 Å². The second-order valence-electron chi connectivity index (χ2n) is 5.74. The first kappa shape index (κ1) is 12.4. The third-order valence-corrected chi connectivity index (χ3v) is 4.30. The maximum atomic E-state index is 11.5. The Balaban J connectivity index is 2.05. The third-order valence-electron chi connectivity index (χ3n) is 4.30. The molecule has 5 heteroatoms. The molecule has 1 spiro atoms. The molecule has 3 aliphatic heterocycles. The molecule has 0 aromatic carbocycles. The van der Waals surface area contributed by atoms with Gasteiger partial charge in [-0.25, -0.2) is 4.79 Å². The lowest BCUT2D eigenvalue weighted by Gasteiger charge is -2.33. The van der Waals surface area contributed by atoms with Crippen LogP contribution in [0.25, 0.3) is 0 Å². The van der Waals surface area contributed by atoms with Crippen LogP contribution in [0.2, 0.25) is 0 Å². The molecule has 3 aliphatic rings. The van der Waals surface area contributed by atoms with Gasteiger partial charge in [0.1, 0.15) is 18.7 Å². The molecule has 3 rings (SSSR count). The normalized spacial score (nSPS) is 25.3. The molecule has 0 radical (unpaired) electrons. The Kier molecular flexibility index (Phi) is 2.74. The Bertz CT molecular complexity index is 525. The SMILES string of the molecule is CC1=CC(C)=C(C(=O)O)C2=N[N+]3(CCCCC3)CN12. The summed E-state index contributed by atoms with van der Waals surface area (Å²) in [5.74, 6) is -0.214. The number of carbonyl (C=O) groups is 1. The lowest BCUT2D eigenvalue weighted by molar-refractivity contribution is -0.939. The number of piperidine rings is 1. The number of amidine groups is 1. The van der Waals surface area contributed by atoms with Gasteiger partial charge in [0.05, 0.1) is 0 Å². The first-order valence-corrected chi connectivity index (χ1v) is 6.89. The van der Waals surface area contributed by atoms with Crippen LogP contribution in [0.15, 0.2) is 28.0 Å². The molecule has 19 heavy (non-hydrogen) atoms. The van der Waals surface area contributed by atoms with E-state index in [2.05, 4.69) is 4.90 Å². The minimum absolute atomic E-state index is 0.367. The van der Waals surface area contributed by atoms with Crippen molar-refractivity contribution in [2.24, 2.45) is 5.10 Å². The maximum Gasteiger partial charge on any atom is 0.339 e. The fraction of sp³-hybridized carbons (Fsp3) is 0.571. The van der Waals surface area contributed by atoms with Gasteiger partial charge >= 0.3 is 5.97 Å². The Morgan fingerprint density at radius 3 is 2.63 bits per heavy atom. The molecule has 0 bridgehead atoms. The van der Waals surface area contributed by atoms with Crippen molar-refractivity contribution in [1.29, 1.82) is 0 Å². The van der Waals surface area contributed by atoms with E-state index in [0.717, 1.165) is 31.0 Å². The minimum Gasteiger partial charge on any atom is -0.478 e. The summed E-state index contributed by atoms with van der Waals surface area (Å²) in [6, 6.07) is 0. The zero-order valence-corrected chi connectivity index (χ0v) is 11.5. The molecule has 0 amide bonds. The highest BCUT2D eigenvalue weighted by Crippen LogP contribution is 2.33. The molecule has 5 nitrogen and oxygen atoms in total. The second kappa shape index (κ2) is 4.20. The summed E-state index contributed by atoms with van der Waals surface area (Å²) in [6.07, 6.45) is 5.57. The molecule has 1 saturated heterocycles. The van der Waals surface area contributed by atoms with Gasteiger partial charge in [-0.1, -0.05) is 5.10 Å². The van der Waals surface area contributed by atoms with Gasteiger partial charge in [0, 0.05) is 5.70 Å². The molecule has 0 aromatic heterocycles. The number of allylic oxidation sites excluding steroid dienone is 3. The predicted molar refractivity (Wildman–Crippen MR) is 72.1 cm³/mol. The van der Waals surface area contributed by atoms with Crippen molar-refractivity contribution in [3.63, 3.8) is 0 Å². The molecular weight excluding hydrogens is 242 g/mol. The van der Waals surface area contributed by atoms with Gasteiger partial charge in [-0.2, -0.15) is 4.59 Å². The lowest BCUT2D eigenvalue weighted by atomic mass is 10.0. The number of hydrogen-bond acceptors (Lipinski definition) is 3. The fourth-order valence-corrected chi connectivity index (χ4v) is 3.33. The van der Waals surface area contributed by atoms with E-state index in [9.17, 15) is 9.90 Å². The van der Waals surface area contributed by atoms with Gasteiger partial charge in [0.25, 0.3) is 0 Å². The van der Waals surface area contributed by atoms with E-state index in [-0.39, 0.29) is 0 Å². The second-order valence-corrected chi connectivity index (χ2v) is 5.74. The predicted octanol–water partition coefficient (Wildman–Crippen LogP) is 1.89. The smallest absolute Gasteiger partial charge is 0.339 e. The average Bonchev–Trinajstić information content (AvgIpc) is 2.69. The van der Waals surface area contributed by atoms with Crippen molar-refractivity contribution in [3.05, 3.63) is 22.9 Å². The van der Waals surface area contributed by atoms with Gasteiger partial charge in [0.2, 0.25) is 5.84 Å². The Morgan fingerprint density at radius 1 is 1.32 bits per heavy atom. The maximum absolute atomic E-state index is 11.5. The highest BCUT2D eigenvalue weighted by Gasteiger charge is 2.45. The van der Waals surface area contributed by atoms with Gasteiger partial charge < -0.3 is 5.11 Å². The van der Waals surface area contributed by atoms with Crippen molar-refractivity contribution in [1.82, 2.24) is 4.90 Å². The van der Waals surface area contributed by atoms with Crippen LogP contribution in [0.5, 0.6) is 0 Å². The number of fused-ring (bicyclic) bond motifs is 1. The van der Waals surface area contributed by atoms with Gasteiger partial charge in [0.15, 0.2) is 6.67 Å². The fourth-order valence-electron chi connectivity index (χ4n) is 3.33. The van der Waals surface area contributed by atoms with E-state index < -0.39 is 5.97 Å². The molecule has 0 saturated carbocycles. The standard InChI is InChI=1S/C14H19N3O2/c1-10-8-11(2)16-9-17(6-4-3-5-7-17)15-13(16)12(10)14(18)19/h8H,3-7,9H2,1-2H3/p+1. The first-order chi connectivity index (χ1) is 9.02. The topological polar surface area (TPSA) is 52.9 Å². The van der Waals surface area contributed by atoms with Crippen LogP contribution in [0, 0.1) is 0 Å². The largest absolute Gasteiger partial charge is 0.478 e. The van der Waals surface area contributed by atoms with Crippen LogP contribution in [0.4, 0.5) is 0 Å². The van der Waals surface area contributed by atoms with E-state index in [1.54, 1.807) is 0 Å². The molecule has 102 valence electrons. The molecule has 0 aliphatic carbocycles. The molecule has 0 atom stereocenters.